The maximum atomic E-state index is 12.8. The normalized spacial score (nSPS) is 15.0. The Bertz CT molecular complexity index is 872. The van der Waals surface area contributed by atoms with Crippen molar-refractivity contribution in [2.45, 2.75) is 6.92 Å². The van der Waals surface area contributed by atoms with Crippen LogP contribution in [0.2, 0.25) is 0 Å². The summed E-state index contributed by atoms with van der Waals surface area (Å²) in [6.07, 6.45) is 1.65. The van der Waals surface area contributed by atoms with Gasteiger partial charge in [-0.2, -0.15) is 0 Å². The van der Waals surface area contributed by atoms with E-state index in [-0.39, 0.29) is 12.5 Å². The van der Waals surface area contributed by atoms with E-state index in [0.717, 1.165) is 10.5 Å². The summed E-state index contributed by atoms with van der Waals surface area (Å²) in [5.74, 6) is -0.302. The smallest absolute Gasteiger partial charge is 0.336 e. The summed E-state index contributed by atoms with van der Waals surface area (Å²) in [5.41, 5.74) is 3.07. The van der Waals surface area contributed by atoms with Crippen LogP contribution in [0, 0.1) is 0 Å². The Hall–Kier alpha value is -3.41. The number of hydrogen-bond acceptors (Lipinski definition) is 4. The minimum absolute atomic E-state index is 0.0252. The Labute approximate surface area is 145 Å². The van der Waals surface area contributed by atoms with E-state index >= 15 is 0 Å². The van der Waals surface area contributed by atoms with Crippen molar-refractivity contribution in [2.24, 2.45) is 5.16 Å². The lowest BCUT2D eigenvalue weighted by molar-refractivity contribution is -0.115. The highest BCUT2D eigenvalue weighted by molar-refractivity contribution is 6.27. The lowest BCUT2D eigenvalue weighted by atomic mass is 10.1. The molecule has 126 valence electrons. The molecule has 25 heavy (non-hydrogen) atoms. The van der Waals surface area contributed by atoms with Crippen molar-refractivity contribution in [2.75, 3.05) is 16.3 Å². The first kappa shape index (κ1) is 16.4. The van der Waals surface area contributed by atoms with Gasteiger partial charge in [-0.15, -0.1) is 0 Å². The molecule has 6 heteroatoms. The average Bonchev–Trinajstić information content (AvgIpc) is 2.95. The first-order valence-corrected chi connectivity index (χ1v) is 7.72. The van der Waals surface area contributed by atoms with E-state index in [4.69, 9.17) is 5.21 Å². The number of carbonyl (C=O) groups excluding carboxylic acids is 2. The predicted molar refractivity (Wildman–Crippen MR) is 97.2 cm³/mol. The van der Waals surface area contributed by atoms with Crippen LogP contribution in [0.15, 0.2) is 60.3 Å². The summed E-state index contributed by atoms with van der Waals surface area (Å²) in [6.45, 7) is 5.39. The largest absolute Gasteiger partial charge is 0.411 e. The maximum absolute atomic E-state index is 12.8. The number of para-hydroxylation sites is 1. The van der Waals surface area contributed by atoms with Crippen LogP contribution in [0.25, 0.3) is 6.08 Å². The van der Waals surface area contributed by atoms with Gasteiger partial charge in [-0.1, -0.05) is 48.1 Å². The first-order chi connectivity index (χ1) is 12.1. The van der Waals surface area contributed by atoms with Crippen molar-refractivity contribution in [3.63, 3.8) is 0 Å². The van der Waals surface area contributed by atoms with Gasteiger partial charge in [0.2, 0.25) is 0 Å². The van der Waals surface area contributed by atoms with Crippen LogP contribution in [0.1, 0.15) is 18.1 Å². The van der Waals surface area contributed by atoms with Gasteiger partial charge in [0, 0.05) is 0 Å². The summed E-state index contributed by atoms with van der Waals surface area (Å²) in [7, 11) is 0. The molecule has 1 aliphatic heterocycles. The topological polar surface area (TPSA) is 73.2 Å². The standard InChI is InChI=1S/C19H17N3O3/c1-3-14-6-4-5-7-17(14)21-12-18(23)22(19(21)24)16-10-8-15(9-11-16)13(2)20-25/h3-11,25H,1,12H2,2H3/b20-13+. The Morgan fingerprint density at radius 2 is 1.84 bits per heavy atom. The molecule has 3 rings (SSSR count). The predicted octanol–water partition coefficient (Wildman–Crippen LogP) is 3.50. The zero-order chi connectivity index (χ0) is 18.0. The van der Waals surface area contributed by atoms with E-state index in [0.29, 0.717) is 22.6 Å². The van der Waals surface area contributed by atoms with Crippen molar-refractivity contribution in [3.8, 4) is 0 Å². The van der Waals surface area contributed by atoms with E-state index in [2.05, 4.69) is 11.7 Å². The summed E-state index contributed by atoms with van der Waals surface area (Å²) < 4.78 is 0. The SMILES string of the molecule is C=Cc1ccccc1N1CC(=O)N(c2ccc(/C(C)=N/O)cc2)C1=O. The van der Waals surface area contributed by atoms with Crippen molar-refractivity contribution in [3.05, 3.63) is 66.2 Å². The molecule has 2 aromatic carbocycles. The van der Waals surface area contributed by atoms with Gasteiger partial charge in [-0.05, 0) is 36.2 Å². The van der Waals surface area contributed by atoms with E-state index in [1.54, 1.807) is 43.3 Å². The van der Waals surface area contributed by atoms with Gasteiger partial charge in [0.15, 0.2) is 0 Å². The number of carbonyl (C=O) groups is 2. The number of rotatable bonds is 4. The van der Waals surface area contributed by atoms with Crippen molar-refractivity contribution in [1.29, 1.82) is 0 Å². The number of nitrogens with zero attached hydrogens (tertiary/aromatic N) is 3. The van der Waals surface area contributed by atoms with E-state index < -0.39 is 6.03 Å². The lowest BCUT2D eigenvalue weighted by Gasteiger charge is -2.19. The minimum Gasteiger partial charge on any atom is -0.411 e. The Morgan fingerprint density at radius 1 is 1.16 bits per heavy atom. The molecule has 3 amide bonds. The number of urea groups is 1. The molecule has 6 nitrogen and oxygen atoms in total. The summed E-state index contributed by atoms with van der Waals surface area (Å²) in [6, 6.07) is 13.6. The van der Waals surface area contributed by atoms with Crippen LogP contribution in [0.4, 0.5) is 16.2 Å². The van der Waals surface area contributed by atoms with Gasteiger partial charge < -0.3 is 5.21 Å². The second-order valence-corrected chi connectivity index (χ2v) is 5.59. The van der Waals surface area contributed by atoms with Gasteiger partial charge in [-0.3, -0.25) is 9.69 Å². The number of amides is 3. The Morgan fingerprint density at radius 3 is 2.48 bits per heavy atom. The molecule has 0 saturated carbocycles. The number of anilines is 2. The molecule has 0 unspecified atom stereocenters. The first-order valence-electron chi connectivity index (χ1n) is 7.72. The number of benzene rings is 2. The fourth-order valence-electron chi connectivity index (χ4n) is 2.76. The third-order valence-electron chi connectivity index (χ3n) is 4.11. The number of imide groups is 1. The van der Waals surface area contributed by atoms with Crippen molar-refractivity contribution in [1.82, 2.24) is 0 Å². The highest BCUT2D eigenvalue weighted by atomic mass is 16.4. The zero-order valence-electron chi connectivity index (χ0n) is 13.7. The van der Waals surface area contributed by atoms with Crippen LogP contribution in [-0.2, 0) is 4.79 Å². The van der Waals surface area contributed by atoms with Crippen LogP contribution in [-0.4, -0.2) is 29.4 Å². The minimum atomic E-state index is -0.403. The maximum Gasteiger partial charge on any atom is 0.336 e. The quantitative estimate of drug-likeness (QED) is 0.402. The summed E-state index contributed by atoms with van der Waals surface area (Å²) in [4.78, 5) is 27.8. The molecule has 2 aromatic rings. The third-order valence-corrected chi connectivity index (χ3v) is 4.11. The molecule has 0 atom stereocenters. The lowest BCUT2D eigenvalue weighted by Crippen LogP contribution is -2.33. The molecule has 1 aliphatic rings. The molecule has 1 fully saturated rings. The second kappa shape index (κ2) is 6.60. The average molecular weight is 335 g/mol. The summed E-state index contributed by atoms with van der Waals surface area (Å²) in [5, 5.41) is 12.0. The van der Waals surface area contributed by atoms with Gasteiger partial charge in [0.25, 0.3) is 5.91 Å². The molecule has 0 radical (unpaired) electrons. The molecule has 1 N–H and O–H groups in total. The zero-order valence-corrected chi connectivity index (χ0v) is 13.7. The monoisotopic (exact) mass is 335 g/mol. The highest BCUT2D eigenvalue weighted by Gasteiger charge is 2.38. The van der Waals surface area contributed by atoms with Crippen LogP contribution < -0.4 is 9.80 Å². The molecular formula is C19H17N3O3. The number of hydrogen-bond donors (Lipinski definition) is 1. The Balaban J connectivity index is 1.93. The third kappa shape index (κ3) is 2.89. The van der Waals surface area contributed by atoms with Crippen LogP contribution in [0.3, 0.4) is 0 Å². The van der Waals surface area contributed by atoms with Gasteiger partial charge in [-0.25, -0.2) is 9.69 Å². The fraction of sp³-hybridized carbons (Fsp3) is 0.105. The second-order valence-electron chi connectivity index (χ2n) is 5.59. The van der Waals surface area contributed by atoms with Gasteiger partial charge >= 0.3 is 6.03 Å². The molecule has 1 heterocycles. The van der Waals surface area contributed by atoms with E-state index in [9.17, 15) is 9.59 Å². The molecule has 0 spiro atoms. The van der Waals surface area contributed by atoms with E-state index in [1.807, 2.05) is 18.2 Å². The van der Waals surface area contributed by atoms with E-state index in [1.165, 1.54) is 4.90 Å². The van der Waals surface area contributed by atoms with Crippen molar-refractivity contribution >= 4 is 35.1 Å². The van der Waals surface area contributed by atoms with Gasteiger partial charge in [0.05, 0.1) is 17.1 Å². The molecule has 0 bridgehead atoms. The molecule has 1 saturated heterocycles. The van der Waals surface area contributed by atoms with Gasteiger partial charge in [0.1, 0.15) is 6.54 Å². The fourth-order valence-corrected chi connectivity index (χ4v) is 2.76. The van der Waals surface area contributed by atoms with Crippen LogP contribution >= 0.6 is 0 Å². The highest BCUT2D eigenvalue weighted by Crippen LogP contribution is 2.29. The molecule has 0 aromatic heterocycles. The molecule has 0 aliphatic carbocycles. The summed E-state index contributed by atoms with van der Waals surface area (Å²) >= 11 is 0. The Kier molecular flexibility index (Phi) is 4.35. The number of oxime groups is 1. The van der Waals surface area contributed by atoms with Crippen LogP contribution in [0.5, 0.6) is 0 Å². The molecular weight excluding hydrogens is 318 g/mol. The van der Waals surface area contributed by atoms with Crippen molar-refractivity contribution < 1.29 is 14.8 Å².